The van der Waals surface area contributed by atoms with Crippen LogP contribution in [0.4, 0.5) is 5.82 Å². The fourth-order valence-corrected chi connectivity index (χ4v) is 0.786. The van der Waals surface area contributed by atoms with E-state index in [4.69, 9.17) is 5.73 Å². The highest BCUT2D eigenvalue weighted by atomic mass is 127. The Kier molecular flexibility index (Phi) is 1.75. The van der Waals surface area contributed by atoms with Crippen LogP contribution in [0.5, 0.6) is 0 Å². The van der Waals surface area contributed by atoms with E-state index in [0.717, 1.165) is 0 Å². The number of nitrogens with two attached hydrogens (primary N) is 1. The molecule has 1 aromatic heterocycles. The Labute approximate surface area is 65.4 Å². The Morgan fingerprint density at radius 1 is 1.56 bits per heavy atom. The predicted octanol–water partition coefficient (Wildman–Crippen LogP) is 0.562. The van der Waals surface area contributed by atoms with Crippen molar-refractivity contribution >= 4 is 28.4 Å². The van der Waals surface area contributed by atoms with E-state index in [0.29, 0.717) is 9.39 Å². The van der Waals surface area contributed by atoms with Gasteiger partial charge in [0.25, 0.3) is 5.56 Å². The summed E-state index contributed by atoms with van der Waals surface area (Å²) in [5.41, 5.74) is 5.14. The summed E-state index contributed by atoms with van der Waals surface area (Å²) in [4.78, 5) is 13.1. The van der Waals surface area contributed by atoms with E-state index in [1.807, 2.05) is 22.6 Å². The van der Waals surface area contributed by atoms with Crippen molar-refractivity contribution in [1.82, 2.24) is 4.98 Å². The van der Waals surface area contributed by atoms with Gasteiger partial charge in [0.2, 0.25) is 0 Å². The number of aromatic amines is 1. The Hall–Kier alpha value is -0.520. The Morgan fingerprint density at radius 2 is 2.22 bits per heavy atom. The Balaban J connectivity index is 3.34. The van der Waals surface area contributed by atoms with Gasteiger partial charge >= 0.3 is 0 Å². The highest BCUT2D eigenvalue weighted by molar-refractivity contribution is 14.1. The van der Waals surface area contributed by atoms with Gasteiger partial charge in [0.05, 0.1) is 3.57 Å². The molecule has 0 aliphatic carbocycles. The number of rotatable bonds is 0. The molecule has 0 bridgehead atoms. The topological polar surface area (TPSA) is 58.9 Å². The van der Waals surface area contributed by atoms with E-state index in [1.54, 1.807) is 12.1 Å². The highest BCUT2D eigenvalue weighted by Crippen LogP contribution is 1.97. The monoisotopic (exact) mass is 236 g/mol. The van der Waals surface area contributed by atoms with Gasteiger partial charge in [-0.3, -0.25) is 4.79 Å². The van der Waals surface area contributed by atoms with Crippen LogP contribution in [0.3, 0.4) is 0 Å². The SMILES string of the molecule is Nc1ccc(I)c(=O)[nH]1. The van der Waals surface area contributed by atoms with Crippen LogP contribution < -0.4 is 11.3 Å². The highest BCUT2D eigenvalue weighted by Gasteiger charge is 1.91. The van der Waals surface area contributed by atoms with Gasteiger partial charge in [-0.05, 0) is 34.7 Å². The molecule has 3 nitrogen and oxygen atoms in total. The van der Waals surface area contributed by atoms with E-state index < -0.39 is 0 Å². The molecule has 0 radical (unpaired) electrons. The number of nitrogens with one attached hydrogen (secondary N) is 1. The fraction of sp³-hybridized carbons (Fsp3) is 0. The molecule has 0 aliphatic rings. The minimum absolute atomic E-state index is 0.129. The van der Waals surface area contributed by atoms with Crippen LogP contribution in [0.25, 0.3) is 0 Å². The minimum atomic E-state index is -0.129. The van der Waals surface area contributed by atoms with E-state index in [1.165, 1.54) is 0 Å². The van der Waals surface area contributed by atoms with Gasteiger partial charge in [-0.15, -0.1) is 0 Å². The third-order valence-electron chi connectivity index (χ3n) is 0.884. The summed E-state index contributed by atoms with van der Waals surface area (Å²) in [6, 6.07) is 3.33. The average molecular weight is 236 g/mol. The van der Waals surface area contributed by atoms with Gasteiger partial charge < -0.3 is 10.7 Å². The van der Waals surface area contributed by atoms with Gasteiger partial charge in [0, 0.05) is 0 Å². The normalized spacial score (nSPS) is 9.44. The van der Waals surface area contributed by atoms with Crippen molar-refractivity contribution in [3.63, 3.8) is 0 Å². The lowest BCUT2D eigenvalue weighted by atomic mass is 10.5. The molecule has 0 amide bonds. The smallest absolute Gasteiger partial charge is 0.262 e. The zero-order chi connectivity index (χ0) is 6.85. The molecular formula is C5H5IN2O. The zero-order valence-corrected chi connectivity index (χ0v) is 6.68. The van der Waals surface area contributed by atoms with Crippen LogP contribution in [0.2, 0.25) is 0 Å². The number of aromatic nitrogens is 1. The largest absolute Gasteiger partial charge is 0.385 e. The molecule has 0 aliphatic heterocycles. The van der Waals surface area contributed by atoms with Crippen molar-refractivity contribution in [1.29, 1.82) is 0 Å². The molecule has 1 rings (SSSR count). The summed E-state index contributed by atoms with van der Waals surface area (Å²) in [6.45, 7) is 0. The van der Waals surface area contributed by atoms with E-state index in [2.05, 4.69) is 4.98 Å². The van der Waals surface area contributed by atoms with Gasteiger partial charge in [-0.1, -0.05) is 0 Å². The van der Waals surface area contributed by atoms with Crippen molar-refractivity contribution in [3.05, 3.63) is 26.1 Å². The van der Waals surface area contributed by atoms with Crippen molar-refractivity contribution in [2.24, 2.45) is 0 Å². The first-order chi connectivity index (χ1) is 4.20. The molecule has 0 atom stereocenters. The lowest BCUT2D eigenvalue weighted by Crippen LogP contribution is -2.10. The second-order valence-corrected chi connectivity index (χ2v) is 2.75. The number of pyridine rings is 1. The molecule has 9 heavy (non-hydrogen) atoms. The van der Waals surface area contributed by atoms with E-state index in [-0.39, 0.29) is 5.56 Å². The summed E-state index contributed by atoms with van der Waals surface area (Å²) in [5.74, 6) is 0.403. The van der Waals surface area contributed by atoms with Gasteiger partial charge in [-0.25, -0.2) is 0 Å². The van der Waals surface area contributed by atoms with Crippen LogP contribution in [0.1, 0.15) is 0 Å². The molecular weight excluding hydrogens is 231 g/mol. The van der Waals surface area contributed by atoms with Crippen molar-refractivity contribution in [3.8, 4) is 0 Å². The summed E-state index contributed by atoms with van der Waals surface area (Å²) < 4.78 is 0.654. The third-order valence-corrected chi connectivity index (χ3v) is 1.73. The van der Waals surface area contributed by atoms with Gasteiger partial charge in [0.1, 0.15) is 5.82 Å². The van der Waals surface area contributed by atoms with Crippen LogP contribution in [0.15, 0.2) is 16.9 Å². The third kappa shape index (κ3) is 1.44. The van der Waals surface area contributed by atoms with Crippen molar-refractivity contribution in [2.45, 2.75) is 0 Å². The minimum Gasteiger partial charge on any atom is -0.385 e. The summed E-state index contributed by atoms with van der Waals surface area (Å²) in [5, 5.41) is 0. The first-order valence-electron chi connectivity index (χ1n) is 2.34. The van der Waals surface area contributed by atoms with Crippen LogP contribution >= 0.6 is 22.6 Å². The standard InChI is InChI=1S/C5H5IN2O/c6-3-1-2-4(7)8-5(3)9/h1-2H,(H3,7,8,9). The molecule has 0 fully saturated rings. The lowest BCUT2D eigenvalue weighted by Gasteiger charge is -1.90. The molecule has 4 heteroatoms. The Bertz CT molecular complexity index is 268. The number of hydrogen-bond donors (Lipinski definition) is 2. The van der Waals surface area contributed by atoms with Gasteiger partial charge in [-0.2, -0.15) is 0 Å². The number of hydrogen-bond acceptors (Lipinski definition) is 2. The molecule has 0 aromatic carbocycles. The quantitative estimate of drug-likeness (QED) is 0.646. The summed E-state index contributed by atoms with van der Waals surface area (Å²) in [6.07, 6.45) is 0. The first-order valence-corrected chi connectivity index (χ1v) is 3.42. The second-order valence-electron chi connectivity index (χ2n) is 1.59. The van der Waals surface area contributed by atoms with Crippen molar-refractivity contribution in [2.75, 3.05) is 5.73 Å². The number of anilines is 1. The molecule has 48 valence electrons. The number of halogens is 1. The van der Waals surface area contributed by atoms with E-state index >= 15 is 0 Å². The predicted molar refractivity (Wildman–Crippen MR) is 44.2 cm³/mol. The molecule has 3 N–H and O–H groups in total. The molecule has 0 saturated carbocycles. The first kappa shape index (κ1) is 6.60. The van der Waals surface area contributed by atoms with Crippen LogP contribution in [-0.4, -0.2) is 4.98 Å². The maximum Gasteiger partial charge on any atom is 0.262 e. The summed E-state index contributed by atoms with van der Waals surface area (Å²) in [7, 11) is 0. The molecule has 0 unspecified atom stereocenters. The fourth-order valence-electron chi connectivity index (χ4n) is 0.471. The van der Waals surface area contributed by atoms with Crippen molar-refractivity contribution < 1.29 is 0 Å². The maximum atomic E-state index is 10.7. The second kappa shape index (κ2) is 2.38. The Morgan fingerprint density at radius 3 is 2.67 bits per heavy atom. The average Bonchev–Trinajstić information content (AvgIpc) is 1.80. The van der Waals surface area contributed by atoms with E-state index in [9.17, 15) is 4.79 Å². The summed E-state index contributed by atoms with van der Waals surface area (Å²) >= 11 is 1.94. The molecule has 1 aromatic rings. The number of nitrogen functional groups attached to an aromatic ring is 1. The molecule has 1 heterocycles. The lowest BCUT2D eigenvalue weighted by molar-refractivity contribution is 1.23. The molecule has 0 saturated heterocycles. The number of H-pyrrole nitrogens is 1. The zero-order valence-electron chi connectivity index (χ0n) is 4.52. The maximum absolute atomic E-state index is 10.7. The van der Waals surface area contributed by atoms with Gasteiger partial charge in [0.15, 0.2) is 0 Å². The van der Waals surface area contributed by atoms with Crippen LogP contribution in [0, 0.1) is 3.57 Å². The molecule has 0 spiro atoms. The van der Waals surface area contributed by atoms with Crippen LogP contribution in [-0.2, 0) is 0 Å².